The molecular weight excluding hydrogens is 258 g/mol. The fraction of sp³-hybridized carbons (Fsp3) is 0.467. The monoisotopic (exact) mass is 277 g/mol. The smallest absolute Gasteiger partial charge is 0.303 e. The van der Waals surface area contributed by atoms with Crippen LogP contribution in [0.25, 0.3) is 0 Å². The molecule has 1 aromatic rings. The number of amides is 1. The van der Waals surface area contributed by atoms with Gasteiger partial charge in [-0.15, -0.1) is 0 Å². The van der Waals surface area contributed by atoms with Gasteiger partial charge in [-0.2, -0.15) is 0 Å². The Morgan fingerprint density at radius 2 is 2.10 bits per heavy atom. The number of carbonyl (C=O) groups is 2. The molecule has 0 aliphatic carbocycles. The summed E-state index contributed by atoms with van der Waals surface area (Å²) in [5.74, 6) is -0.951. The molecular formula is C15H19NO4. The lowest BCUT2D eigenvalue weighted by Gasteiger charge is -2.25. The SMILES string of the molecule is O=C(O)CCCCNC(=O)C1OCCc2ccccc21. The molecule has 0 saturated carbocycles. The molecule has 1 amide bonds. The number of aliphatic carboxylic acids is 1. The van der Waals surface area contributed by atoms with Gasteiger partial charge < -0.3 is 15.2 Å². The van der Waals surface area contributed by atoms with E-state index >= 15 is 0 Å². The van der Waals surface area contributed by atoms with Crippen LogP contribution in [0.15, 0.2) is 24.3 Å². The van der Waals surface area contributed by atoms with Crippen molar-refractivity contribution < 1.29 is 19.4 Å². The highest BCUT2D eigenvalue weighted by atomic mass is 16.5. The van der Waals surface area contributed by atoms with Crippen LogP contribution in [0.5, 0.6) is 0 Å². The first-order valence-corrected chi connectivity index (χ1v) is 6.87. The van der Waals surface area contributed by atoms with E-state index in [2.05, 4.69) is 5.32 Å². The fourth-order valence-electron chi connectivity index (χ4n) is 2.32. The van der Waals surface area contributed by atoms with Crippen molar-refractivity contribution in [2.45, 2.75) is 31.8 Å². The molecule has 1 aromatic carbocycles. The molecule has 1 unspecified atom stereocenters. The first-order chi connectivity index (χ1) is 9.68. The zero-order valence-electron chi connectivity index (χ0n) is 11.3. The Balaban J connectivity index is 1.83. The molecule has 1 aliphatic heterocycles. The molecule has 0 saturated heterocycles. The second-order valence-electron chi connectivity index (χ2n) is 4.84. The minimum atomic E-state index is -0.805. The van der Waals surface area contributed by atoms with Crippen LogP contribution in [0.3, 0.4) is 0 Å². The van der Waals surface area contributed by atoms with E-state index < -0.39 is 12.1 Å². The molecule has 0 aromatic heterocycles. The number of rotatable bonds is 6. The number of carbonyl (C=O) groups excluding carboxylic acids is 1. The minimum Gasteiger partial charge on any atom is -0.481 e. The van der Waals surface area contributed by atoms with Crippen molar-refractivity contribution in [2.75, 3.05) is 13.2 Å². The van der Waals surface area contributed by atoms with E-state index in [0.717, 1.165) is 17.5 Å². The molecule has 20 heavy (non-hydrogen) atoms. The van der Waals surface area contributed by atoms with Crippen LogP contribution < -0.4 is 5.32 Å². The Kier molecular flexibility index (Phi) is 5.12. The van der Waals surface area contributed by atoms with Crippen molar-refractivity contribution in [3.63, 3.8) is 0 Å². The summed E-state index contributed by atoms with van der Waals surface area (Å²) >= 11 is 0. The first kappa shape index (κ1) is 14.5. The summed E-state index contributed by atoms with van der Waals surface area (Å²) in [6.45, 7) is 1.03. The quantitative estimate of drug-likeness (QED) is 0.776. The lowest BCUT2D eigenvalue weighted by molar-refractivity contribution is -0.137. The number of hydrogen-bond acceptors (Lipinski definition) is 3. The first-order valence-electron chi connectivity index (χ1n) is 6.87. The number of unbranched alkanes of at least 4 members (excludes halogenated alkanes) is 1. The molecule has 1 heterocycles. The number of hydrogen-bond donors (Lipinski definition) is 2. The Labute approximate surface area is 117 Å². The van der Waals surface area contributed by atoms with E-state index in [-0.39, 0.29) is 12.3 Å². The molecule has 0 spiro atoms. The van der Waals surface area contributed by atoms with Crippen molar-refractivity contribution in [2.24, 2.45) is 0 Å². The van der Waals surface area contributed by atoms with E-state index in [0.29, 0.717) is 26.0 Å². The molecule has 0 radical (unpaired) electrons. The summed E-state index contributed by atoms with van der Waals surface area (Å²) in [4.78, 5) is 22.5. The summed E-state index contributed by atoms with van der Waals surface area (Å²) in [6.07, 6.45) is 1.65. The average molecular weight is 277 g/mol. The predicted octanol–water partition coefficient (Wildman–Crippen LogP) is 1.67. The van der Waals surface area contributed by atoms with Gasteiger partial charge in [0.05, 0.1) is 6.61 Å². The summed E-state index contributed by atoms with van der Waals surface area (Å²) < 4.78 is 5.56. The van der Waals surface area contributed by atoms with Crippen LogP contribution in [-0.2, 0) is 20.7 Å². The summed E-state index contributed by atoms with van der Waals surface area (Å²) in [5, 5.41) is 11.3. The minimum absolute atomic E-state index is 0.138. The van der Waals surface area contributed by atoms with Crippen LogP contribution in [-0.4, -0.2) is 30.1 Å². The van der Waals surface area contributed by atoms with E-state index in [1.165, 1.54) is 0 Å². The lowest BCUT2D eigenvalue weighted by atomic mass is 9.97. The van der Waals surface area contributed by atoms with Gasteiger partial charge in [0.1, 0.15) is 0 Å². The van der Waals surface area contributed by atoms with E-state index in [4.69, 9.17) is 9.84 Å². The third kappa shape index (κ3) is 3.81. The van der Waals surface area contributed by atoms with Gasteiger partial charge in [-0.05, 0) is 30.4 Å². The highest BCUT2D eigenvalue weighted by Gasteiger charge is 2.26. The van der Waals surface area contributed by atoms with E-state index in [1.807, 2.05) is 24.3 Å². The van der Waals surface area contributed by atoms with Gasteiger partial charge >= 0.3 is 5.97 Å². The standard InChI is InChI=1S/C15H19NO4/c17-13(18)7-3-4-9-16-15(19)14-12-6-2-1-5-11(12)8-10-20-14/h1-2,5-6,14H,3-4,7-10H2,(H,16,19)(H,17,18). The summed E-state index contributed by atoms with van der Waals surface area (Å²) in [6, 6.07) is 7.81. The number of benzene rings is 1. The van der Waals surface area contributed by atoms with Crippen molar-refractivity contribution in [1.82, 2.24) is 5.32 Å². The van der Waals surface area contributed by atoms with Crippen molar-refractivity contribution in [3.8, 4) is 0 Å². The van der Waals surface area contributed by atoms with Gasteiger partial charge in [-0.3, -0.25) is 9.59 Å². The molecule has 2 rings (SSSR count). The molecule has 1 atom stereocenters. The highest BCUT2D eigenvalue weighted by molar-refractivity contribution is 5.82. The van der Waals surface area contributed by atoms with Crippen LogP contribution in [0.4, 0.5) is 0 Å². The zero-order chi connectivity index (χ0) is 14.4. The Morgan fingerprint density at radius 3 is 2.90 bits per heavy atom. The Hall–Kier alpha value is -1.88. The van der Waals surface area contributed by atoms with Gasteiger partial charge in [0.15, 0.2) is 6.10 Å². The molecule has 5 nitrogen and oxygen atoms in total. The van der Waals surface area contributed by atoms with Gasteiger partial charge in [0.2, 0.25) is 0 Å². The van der Waals surface area contributed by atoms with Crippen LogP contribution >= 0.6 is 0 Å². The normalized spacial score (nSPS) is 17.3. The molecule has 1 aliphatic rings. The topological polar surface area (TPSA) is 75.6 Å². The average Bonchev–Trinajstić information content (AvgIpc) is 2.45. The number of carboxylic acid groups (broad SMARTS) is 1. The molecule has 108 valence electrons. The fourth-order valence-corrected chi connectivity index (χ4v) is 2.32. The molecule has 0 bridgehead atoms. The van der Waals surface area contributed by atoms with Crippen LogP contribution in [0.1, 0.15) is 36.5 Å². The summed E-state index contributed by atoms with van der Waals surface area (Å²) in [7, 11) is 0. The van der Waals surface area contributed by atoms with Crippen LogP contribution in [0, 0.1) is 0 Å². The number of fused-ring (bicyclic) bond motifs is 1. The second-order valence-corrected chi connectivity index (χ2v) is 4.84. The van der Waals surface area contributed by atoms with Crippen molar-refractivity contribution in [1.29, 1.82) is 0 Å². The number of ether oxygens (including phenoxy) is 1. The highest BCUT2D eigenvalue weighted by Crippen LogP contribution is 2.26. The molecule has 5 heteroatoms. The maximum absolute atomic E-state index is 12.1. The maximum Gasteiger partial charge on any atom is 0.303 e. The van der Waals surface area contributed by atoms with Crippen LogP contribution in [0.2, 0.25) is 0 Å². The number of carboxylic acids is 1. The molecule has 2 N–H and O–H groups in total. The third-order valence-electron chi connectivity index (χ3n) is 3.35. The summed E-state index contributed by atoms with van der Waals surface area (Å²) in [5.41, 5.74) is 2.09. The molecule has 0 fully saturated rings. The van der Waals surface area contributed by atoms with Crippen molar-refractivity contribution in [3.05, 3.63) is 35.4 Å². The Morgan fingerprint density at radius 1 is 1.30 bits per heavy atom. The van der Waals surface area contributed by atoms with Crippen molar-refractivity contribution >= 4 is 11.9 Å². The third-order valence-corrected chi connectivity index (χ3v) is 3.35. The van der Waals surface area contributed by atoms with E-state index in [9.17, 15) is 9.59 Å². The maximum atomic E-state index is 12.1. The van der Waals surface area contributed by atoms with Gasteiger partial charge in [0, 0.05) is 13.0 Å². The van der Waals surface area contributed by atoms with Gasteiger partial charge in [0.25, 0.3) is 5.91 Å². The number of nitrogens with one attached hydrogen (secondary N) is 1. The van der Waals surface area contributed by atoms with E-state index in [1.54, 1.807) is 0 Å². The van der Waals surface area contributed by atoms with Gasteiger partial charge in [-0.25, -0.2) is 0 Å². The zero-order valence-corrected chi connectivity index (χ0v) is 11.3. The lowest BCUT2D eigenvalue weighted by Crippen LogP contribution is -2.34. The van der Waals surface area contributed by atoms with Gasteiger partial charge in [-0.1, -0.05) is 24.3 Å². The largest absolute Gasteiger partial charge is 0.481 e. The Bertz CT molecular complexity index is 487. The predicted molar refractivity (Wildman–Crippen MR) is 73.3 cm³/mol. The second kappa shape index (κ2) is 7.05.